The summed E-state index contributed by atoms with van der Waals surface area (Å²) < 4.78 is 7.76. The van der Waals surface area contributed by atoms with Crippen LogP contribution in [0.25, 0.3) is 0 Å². The molecule has 0 atom stereocenters. The number of hydrogen-bond donors (Lipinski definition) is 1. The van der Waals surface area contributed by atoms with Gasteiger partial charge in [0.15, 0.2) is 0 Å². The summed E-state index contributed by atoms with van der Waals surface area (Å²) in [5.74, 6) is 6.24. The predicted octanol–water partition coefficient (Wildman–Crippen LogP) is 2.13. The highest BCUT2D eigenvalue weighted by atomic mass is 16.5. The molecule has 0 aliphatic rings. The second-order valence-corrected chi connectivity index (χ2v) is 4.34. The van der Waals surface area contributed by atoms with Gasteiger partial charge in [0.25, 0.3) is 0 Å². The number of aromatic nitrogens is 2. The van der Waals surface area contributed by atoms with E-state index in [-0.39, 0.29) is 6.61 Å². The minimum Gasteiger partial charge on any atom is -0.486 e. The van der Waals surface area contributed by atoms with Crippen LogP contribution in [0.5, 0.6) is 5.75 Å². The number of hydrogen-bond acceptors (Lipinski definition) is 3. The van der Waals surface area contributed by atoms with E-state index >= 15 is 0 Å². The summed E-state index contributed by atoms with van der Waals surface area (Å²) in [7, 11) is 0. The van der Waals surface area contributed by atoms with Gasteiger partial charge in [-0.2, -0.15) is 5.10 Å². The van der Waals surface area contributed by atoms with E-state index in [1.54, 1.807) is 0 Å². The minimum atomic E-state index is -0.157. The van der Waals surface area contributed by atoms with Gasteiger partial charge in [-0.25, -0.2) is 0 Å². The maximum atomic E-state index is 8.77. The van der Waals surface area contributed by atoms with Crippen molar-refractivity contribution in [2.45, 2.75) is 27.0 Å². The summed E-state index contributed by atoms with van der Waals surface area (Å²) in [6.45, 7) is 5.13. The van der Waals surface area contributed by atoms with E-state index in [0.717, 1.165) is 29.2 Å². The van der Waals surface area contributed by atoms with Gasteiger partial charge in [-0.1, -0.05) is 24.0 Å². The molecule has 1 heterocycles. The molecule has 0 saturated heterocycles. The van der Waals surface area contributed by atoms with Crippen molar-refractivity contribution in [3.8, 4) is 17.6 Å². The highest BCUT2D eigenvalue weighted by Crippen LogP contribution is 2.18. The summed E-state index contributed by atoms with van der Waals surface area (Å²) in [6, 6.07) is 9.57. The first-order valence-corrected chi connectivity index (χ1v) is 6.59. The number of aryl methyl sites for hydroxylation is 2. The van der Waals surface area contributed by atoms with Crippen LogP contribution in [0.2, 0.25) is 0 Å². The lowest BCUT2D eigenvalue weighted by molar-refractivity contribution is 0.291. The Morgan fingerprint density at radius 1 is 1.35 bits per heavy atom. The first-order valence-electron chi connectivity index (χ1n) is 6.59. The van der Waals surface area contributed by atoms with E-state index in [9.17, 15) is 0 Å². The van der Waals surface area contributed by atoms with E-state index < -0.39 is 0 Å². The molecule has 0 aliphatic carbocycles. The Morgan fingerprint density at radius 3 is 2.90 bits per heavy atom. The molecule has 0 radical (unpaired) electrons. The highest BCUT2D eigenvalue weighted by Gasteiger charge is 2.06. The van der Waals surface area contributed by atoms with Crippen LogP contribution >= 0.6 is 0 Å². The molecule has 0 amide bonds. The van der Waals surface area contributed by atoms with Gasteiger partial charge in [-0.15, -0.1) is 0 Å². The smallest absolute Gasteiger partial charge is 0.135 e. The highest BCUT2D eigenvalue weighted by molar-refractivity contribution is 5.45. The third kappa shape index (κ3) is 3.40. The second-order valence-electron chi connectivity index (χ2n) is 4.34. The summed E-state index contributed by atoms with van der Waals surface area (Å²) >= 11 is 0. The van der Waals surface area contributed by atoms with Crippen molar-refractivity contribution in [1.29, 1.82) is 0 Å². The van der Waals surface area contributed by atoms with Crippen LogP contribution in [0.1, 0.15) is 23.9 Å². The molecule has 0 aliphatic heterocycles. The molecule has 1 N–H and O–H groups in total. The summed E-state index contributed by atoms with van der Waals surface area (Å²) in [5.41, 5.74) is 2.80. The molecule has 4 nitrogen and oxygen atoms in total. The molecule has 1 aromatic heterocycles. The van der Waals surface area contributed by atoms with Gasteiger partial charge in [-0.3, -0.25) is 4.68 Å². The number of ether oxygens (including phenoxy) is 1. The van der Waals surface area contributed by atoms with E-state index in [2.05, 4.69) is 23.9 Å². The van der Waals surface area contributed by atoms with Crippen molar-refractivity contribution in [3.05, 3.63) is 47.3 Å². The van der Waals surface area contributed by atoms with Crippen molar-refractivity contribution in [2.24, 2.45) is 0 Å². The van der Waals surface area contributed by atoms with Gasteiger partial charge in [0.05, 0.1) is 17.0 Å². The van der Waals surface area contributed by atoms with Crippen LogP contribution in [-0.4, -0.2) is 21.5 Å². The van der Waals surface area contributed by atoms with Gasteiger partial charge in [0.2, 0.25) is 0 Å². The second kappa shape index (κ2) is 6.78. The molecule has 1 aromatic carbocycles. The Bertz CT molecular complexity index is 635. The largest absolute Gasteiger partial charge is 0.486 e. The Balaban J connectivity index is 2.14. The van der Waals surface area contributed by atoms with Crippen LogP contribution in [0.3, 0.4) is 0 Å². The average molecular weight is 270 g/mol. The number of para-hydroxylation sites is 1. The topological polar surface area (TPSA) is 47.3 Å². The lowest BCUT2D eigenvalue weighted by Gasteiger charge is -2.09. The van der Waals surface area contributed by atoms with Crippen molar-refractivity contribution in [3.63, 3.8) is 0 Å². The van der Waals surface area contributed by atoms with Crippen LogP contribution in [0.4, 0.5) is 0 Å². The fourth-order valence-electron chi connectivity index (χ4n) is 1.97. The quantitative estimate of drug-likeness (QED) is 0.866. The van der Waals surface area contributed by atoms with E-state index in [4.69, 9.17) is 9.84 Å². The lowest BCUT2D eigenvalue weighted by Crippen LogP contribution is -2.06. The van der Waals surface area contributed by atoms with Gasteiger partial charge in [0.1, 0.15) is 19.0 Å². The first kappa shape index (κ1) is 14.2. The number of nitrogens with zero attached hydrogens (tertiary/aromatic N) is 2. The number of rotatable bonds is 4. The monoisotopic (exact) mass is 270 g/mol. The normalized spacial score (nSPS) is 9.95. The third-order valence-electron chi connectivity index (χ3n) is 2.85. The molecule has 20 heavy (non-hydrogen) atoms. The van der Waals surface area contributed by atoms with Crippen LogP contribution in [0, 0.1) is 18.8 Å². The fraction of sp³-hybridized carbons (Fsp3) is 0.312. The summed E-state index contributed by atoms with van der Waals surface area (Å²) in [5, 5.41) is 13.2. The van der Waals surface area contributed by atoms with Crippen LogP contribution in [0.15, 0.2) is 30.3 Å². The Labute approximate surface area is 119 Å². The maximum absolute atomic E-state index is 8.77. The molecule has 0 bridgehead atoms. The van der Waals surface area contributed by atoms with E-state index in [1.807, 2.05) is 41.9 Å². The van der Waals surface area contributed by atoms with Gasteiger partial charge in [0, 0.05) is 6.54 Å². The molecule has 0 spiro atoms. The number of benzene rings is 1. The zero-order valence-electron chi connectivity index (χ0n) is 11.8. The van der Waals surface area contributed by atoms with Crippen molar-refractivity contribution in [1.82, 2.24) is 9.78 Å². The molecule has 2 aromatic rings. The number of aliphatic hydroxyl groups is 1. The molecule has 0 saturated carbocycles. The molecule has 0 unspecified atom stereocenters. The van der Waals surface area contributed by atoms with Gasteiger partial charge in [-0.05, 0) is 32.0 Å². The molecule has 2 rings (SSSR count). The standard InChI is InChI=1S/C16H18N2O2/c1-3-18-15(11-13(2)17-18)12-20-16-9-5-4-7-14(16)8-6-10-19/h4-5,7,9,11,19H,3,10,12H2,1-2H3. The third-order valence-corrected chi connectivity index (χ3v) is 2.85. The zero-order chi connectivity index (χ0) is 14.4. The van der Waals surface area contributed by atoms with Gasteiger partial charge >= 0.3 is 0 Å². The molecule has 0 fully saturated rings. The van der Waals surface area contributed by atoms with Crippen LogP contribution in [-0.2, 0) is 13.2 Å². The Morgan fingerprint density at radius 2 is 2.15 bits per heavy atom. The van der Waals surface area contributed by atoms with Crippen molar-refractivity contribution in [2.75, 3.05) is 6.61 Å². The summed E-state index contributed by atoms with van der Waals surface area (Å²) in [4.78, 5) is 0. The molecule has 104 valence electrons. The maximum Gasteiger partial charge on any atom is 0.135 e. The Kier molecular flexibility index (Phi) is 4.80. The SMILES string of the molecule is CCn1nc(C)cc1COc1ccccc1C#CCO. The molecular weight excluding hydrogens is 252 g/mol. The Hall–Kier alpha value is -2.25. The fourth-order valence-corrected chi connectivity index (χ4v) is 1.97. The zero-order valence-corrected chi connectivity index (χ0v) is 11.8. The molecular formula is C16H18N2O2. The first-order chi connectivity index (χ1) is 9.74. The van der Waals surface area contributed by atoms with E-state index in [1.165, 1.54) is 0 Å². The molecule has 4 heteroatoms. The average Bonchev–Trinajstić information content (AvgIpc) is 2.84. The van der Waals surface area contributed by atoms with Gasteiger partial charge < -0.3 is 9.84 Å². The lowest BCUT2D eigenvalue weighted by atomic mass is 10.2. The predicted molar refractivity (Wildman–Crippen MR) is 77.4 cm³/mol. The van der Waals surface area contributed by atoms with Crippen LogP contribution < -0.4 is 4.74 Å². The minimum absolute atomic E-state index is 0.157. The van der Waals surface area contributed by atoms with E-state index in [0.29, 0.717) is 6.61 Å². The summed E-state index contributed by atoms with van der Waals surface area (Å²) in [6.07, 6.45) is 0. The number of aliphatic hydroxyl groups excluding tert-OH is 1. The van der Waals surface area contributed by atoms with Crippen molar-refractivity contribution >= 4 is 0 Å². The van der Waals surface area contributed by atoms with Crippen molar-refractivity contribution < 1.29 is 9.84 Å².